The maximum Gasteiger partial charge on any atom is 0.432 e. The first-order valence-corrected chi connectivity index (χ1v) is 7.54. The van der Waals surface area contributed by atoms with Crippen LogP contribution in [0.1, 0.15) is 25.0 Å². The van der Waals surface area contributed by atoms with Gasteiger partial charge in [0, 0.05) is 6.61 Å². The predicted molar refractivity (Wildman–Crippen MR) is 80.4 cm³/mol. The van der Waals surface area contributed by atoms with E-state index in [1.54, 1.807) is 18.2 Å². The van der Waals surface area contributed by atoms with Crippen LogP contribution in [0.4, 0.5) is 13.2 Å². The normalized spacial score (nSPS) is 19.8. The Labute approximate surface area is 134 Å². The van der Waals surface area contributed by atoms with Gasteiger partial charge in [-0.15, -0.1) is 0 Å². The summed E-state index contributed by atoms with van der Waals surface area (Å²) in [7, 11) is 0. The van der Waals surface area contributed by atoms with E-state index in [2.05, 4.69) is 26.2 Å². The van der Waals surface area contributed by atoms with Crippen molar-refractivity contribution >= 4 is 27.3 Å². The van der Waals surface area contributed by atoms with Gasteiger partial charge in [-0.05, 0) is 53.4 Å². The number of aromatic nitrogens is 1. The minimum absolute atomic E-state index is 0.121. The Morgan fingerprint density at radius 2 is 2.18 bits per heavy atom. The van der Waals surface area contributed by atoms with E-state index in [4.69, 9.17) is 10.1 Å². The van der Waals surface area contributed by atoms with Crippen LogP contribution < -0.4 is 5.32 Å². The topological polar surface area (TPSA) is 58.0 Å². The highest BCUT2D eigenvalue weighted by Gasteiger charge is 2.33. The van der Waals surface area contributed by atoms with Crippen LogP contribution in [-0.2, 0) is 4.74 Å². The van der Waals surface area contributed by atoms with Crippen LogP contribution in [0.5, 0.6) is 0 Å². The molecule has 1 fully saturated rings. The molecule has 0 saturated carbocycles. The van der Waals surface area contributed by atoms with E-state index in [-0.39, 0.29) is 11.9 Å². The summed E-state index contributed by atoms with van der Waals surface area (Å²) in [6, 6.07) is 4.92. The molecule has 1 aliphatic rings. The molecule has 4 nitrogen and oxygen atoms in total. The standard InChI is InChI=1S/C14H15BrF3N3O/c15-12-5-3-4-9(20-12)10(8-11(19)14(16,17)18)21-13-6-1-2-7-22-13/h3-5,8,13,19,21H,1-2,6-7H2/b10-8-,19-11?. The minimum atomic E-state index is -4.70. The van der Waals surface area contributed by atoms with Gasteiger partial charge in [0.1, 0.15) is 16.5 Å². The highest BCUT2D eigenvalue weighted by molar-refractivity contribution is 9.10. The van der Waals surface area contributed by atoms with E-state index in [1.807, 2.05) is 0 Å². The number of pyridine rings is 1. The molecule has 22 heavy (non-hydrogen) atoms. The lowest BCUT2D eigenvalue weighted by atomic mass is 10.1. The van der Waals surface area contributed by atoms with Crippen molar-refractivity contribution in [2.75, 3.05) is 6.61 Å². The van der Waals surface area contributed by atoms with Crippen LogP contribution in [0.2, 0.25) is 0 Å². The first-order valence-electron chi connectivity index (χ1n) is 6.75. The summed E-state index contributed by atoms with van der Waals surface area (Å²) in [4.78, 5) is 4.14. The van der Waals surface area contributed by atoms with E-state index in [9.17, 15) is 13.2 Å². The molecule has 0 aromatic carbocycles. The first kappa shape index (κ1) is 17.0. The van der Waals surface area contributed by atoms with Crippen LogP contribution in [0.25, 0.3) is 5.70 Å². The zero-order valence-electron chi connectivity index (χ0n) is 11.6. The second-order valence-electron chi connectivity index (χ2n) is 4.81. The molecule has 8 heteroatoms. The largest absolute Gasteiger partial charge is 0.432 e. The van der Waals surface area contributed by atoms with Gasteiger partial charge in [-0.1, -0.05) is 6.07 Å². The molecular formula is C14H15BrF3N3O. The molecule has 1 unspecified atom stereocenters. The number of nitrogens with zero attached hydrogens (tertiary/aromatic N) is 1. The van der Waals surface area contributed by atoms with Gasteiger partial charge < -0.3 is 10.1 Å². The zero-order chi connectivity index (χ0) is 16.2. The van der Waals surface area contributed by atoms with Gasteiger partial charge in [-0.2, -0.15) is 13.2 Å². The molecule has 0 spiro atoms. The highest BCUT2D eigenvalue weighted by Crippen LogP contribution is 2.22. The Kier molecular flexibility index (Phi) is 5.57. The number of rotatable bonds is 4. The number of alkyl halides is 3. The average Bonchev–Trinajstić information content (AvgIpc) is 2.46. The van der Waals surface area contributed by atoms with Gasteiger partial charge in [0.15, 0.2) is 0 Å². The van der Waals surface area contributed by atoms with Gasteiger partial charge in [-0.25, -0.2) is 4.98 Å². The molecule has 0 radical (unpaired) electrons. The van der Waals surface area contributed by atoms with E-state index in [1.165, 1.54) is 0 Å². The van der Waals surface area contributed by atoms with Crippen molar-refractivity contribution in [2.24, 2.45) is 0 Å². The van der Waals surface area contributed by atoms with E-state index in [0.717, 1.165) is 18.9 Å². The molecule has 1 aromatic rings. The number of halogens is 4. The molecule has 0 amide bonds. The Bertz CT molecular complexity index is 569. The van der Waals surface area contributed by atoms with Crippen molar-refractivity contribution in [3.8, 4) is 0 Å². The molecule has 1 atom stereocenters. The first-order chi connectivity index (χ1) is 10.4. The molecule has 0 bridgehead atoms. The van der Waals surface area contributed by atoms with Crippen LogP contribution in [0, 0.1) is 5.41 Å². The van der Waals surface area contributed by atoms with Gasteiger partial charge in [0.2, 0.25) is 0 Å². The van der Waals surface area contributed by atoms with Crippen LogP contribution in [0.3, 0.4) is 0 Å². The maximum absolute atomic E-state index is 12.6. The lowest BCUT2D eigenvalue weighted by Crippen LogP contribution is -2.34. The van der Waals surface area contributed by atoms with Gasteiger partial charge in [0.05, 0.1) is 11.4 Å². The third-order valence-corrected chi connectivity index (χ3v) is 3.52. The van der Waals surface area contributed by atoms with E-state index >= 15 is 0 Å². The summed E-state index contributed by atoms with van der Waals surface area (Å²) in [5.41, 5.74) is -0.999. The van der Waals surface area contributed by atoms with Gasteiger partial charge in [-0.3, -0.25) is 5.41 Å². The molecule has 2 heterocycles. The highest BCUT2D eigenvalue weighted by atomic mass is 79.9. The fourth-order valence-electron chi connectivity index (χ4n) is 2.00. The zero-order valence-corrected chi connectivity index (χ0v) is 13.2. The van der Waals surface area contributed by atoms with E-state index < -0.39 is 11.9 Å². The quantitative estimate of drug-likeness (QED) is 0.618. The second kappa shape index (κ2) is 7.23. The smallest absolute Gasteiger partial charge is 0.359 e. The number of hydrogen-bond acceptors (Lipinski definition) is 4. The number of ether oxygens (including phenoxy) is 1. The van der Waals surface area contributed by atoms with Crippen LogP contribution in [-0.4, -0.2) is 29.7 Å². The molecule has 0 aliphatic carbocycles. The van der Waals surface area contributed by atoms with Crippen molar-refractivity contribution in [1.29, 1.82) is 5.41 Å². The second-order valence-corrected chi connectivity index (χ2v) is 5.63. The maximum atomic E-state index is 12.6. The molecule has 1 saturated heterocycles. The Hall–Kier alpha value is -1.41. The number of allylic oxidation sites excluding steroid dienone is 1. The molecule has 1 aliphatic heterocycles. The lowest BCUT2D eigenvalue weighted by molar-refractivity contribution is -0.0584. The molecular weight excluding hydrogens is 363 g/mol. The van der Waals surface area contributed by atoms with Crippen molar-refractivity contribution in [2.45, 2.75) is 31.7 Å². The fraction of sp³-hybridized carbons (Fsp3) is 0.429. The summed E-state index contributed by atoms with van der Waals surface area (Å²) in [6.07, 6.45) is -1.76. The summed E-state index contributed by atoms with van der Waals surface area (Å²) in [5, 5.41) is 10.1. The third-order valence-electron chi connectivity index (χ3n) is 3.08. The van der Waals surface area contributed by atoms with Crippen molar-refractivity contribution in [3.05, 3.63) is 34.6 Å². The third kappa shape index (κ3) is 4.81. The summed E-state index contributed by atoms with van der Waals surface area (Å²) < 4.78 is 43.9. The Morgan fingerprint density at radius 3 is 2.77 bits per heavy atom. The molecule has 1 aromatic heterocycles. The van der Waals surface area contributed by atoms with Gasteiger partial charge in [0.25, 0.3) is 0 Å². The molecule has 2 N–H and O–H groups in total. The SMILES string of the molecule is N=C(/C=C(\NC1CCCCO1)c1cccc(Br)n1)C(F)(F)F. The summed E-state index contributed by atoms with van der Waals surface area (Å²) >= 11 is 3.19. The number of nitrogens with one attached hydrogen (secondary N) is 2. The summed E-state index contributed by atoms with van der Waals surface area (Å²) in [6.45, 7) is 0.563. The average molecular weight is 378 g/mol. The van der Waals surface area contributed by atoms with Crippen LogP contribution in [0.15, 0.2) is 28.9 Å². The monoisotopic (exact) mass is 377 g/mol. The van der Waals surface area contributed by atoms with Crippen molar-refractivity contribution < 1.29 is 17.9 Å². The lowest BCUT2D eigenvalue weighted by Gasteiger charge is -2.26. The Balaban J connectivity index is 2.27. The predicted octanol–water partition coefficient (Wildman–Crippen LogP) is 3.88. The summed E-state index contributed by atoms with van der Waals surface area (Å²) in [5.74, 6) is 0. The minimum Gasteiger partial charge on any atom is -0.359 e. The molecule has 120 valence electrons. The number of hydrogen-bond donors (Lipinski definition) is 2. The van der Waals surface area contributed by atoms with E-state index in [0.29, 0.717) is 23.3 Å². The molecule has 2 rings (SSSR count). The van der Waals surface area contributed by atoms with Gasteiger partial charge >= 0.3 is 6.18 Å². The fourth-order valence-corrected chi connectivity index (χ4v) is 2.35. The Morgan fingerprint density at radius 1 is 1.41 bits per heavy atom. The van der Waals surface area contributed by atoms with Crippen LogP contribution >= 0.6 is 15.9 Å². The van der Waals surface area contributed by atoms with Crippen molar-refractivity contribution in [3.63, 3.8) is 0 Å². The van der Waals surface area contributed by atoms with Crippen molar-refractivity contribution in [1.82, 2.24) is 10.3 Å².